The molecule has 0 amide bonds. The average Bonchev–Trinajstić information content (AvgIpc) is 3.24. The van der Waals surface area contributed by atoms with Crippen molar-refractivity contribution in [1.82, 2.24) is 19.7 Å². The van der Waals surface area contributed by atoms with Gasteiger partial charge in [0.1, 0.15) is 5.82 Å². The van der Waals surface area contributed by atoms with Crippen molar-refractivity contribution in [3.63, 3.8) is 0 Å². The second-order valence-corrected chi connectivity index (χ2v) is 8.35. The van der Waals surface area contributed by atoms with E-state index in [1.165, 1.54) is 0 Å². The Morgan fingerprint density at radius 3 is 2.53 bits per heavy atom. The van der Waals surface area contributed by atoms with Gasteiger partial charge in [-0.25, -0.2) is 18.2 Å². The van der Waals surface area contributed by atoms with Gasteiger partial charge >= 0.3 is 0 Å². The van der Waals surface area contributed by atoms with Crippen molar-refractivity contribution in [1.29, 1.82) is 0 Å². The smallest absolute Gasteiger partial charge is 0.260 e. The third-order valence-corrected chi connectivity index (χ3v) is 5.66. The van der Waals surface area contributed by atoms with Crippen LogP contribution in [0.1, 0.15) is 23.2 Å². The first-order valence-electron chi connectivity index (χ1n) is 11.4. The van der Waals surface area contributed by atoms with Crippen LogP contribution in [-0.2, 0) is 19.4 Å². The highest BCUT2D eigenvalue weighted by Gasteiger charge is 2.12. The van der Waals surface area contributed by atoms with Crippen LogP contribution >= 0.6 is 0 Å². The highest BCUT2D eigenvalue weighted by atomic mass is 19.2. The Hall–Kier alpha value is -4.12. The number of aliphatic imine (C=N–C) groups is 1. The summed E-state index contributed by atoms with van der Waals surface area (Å²) in [5.41, 5.74) is 13.2. The summed E-state index contributed by atoms with van der Waals surface area (Å²) < 4.78 is 42.2. The first kappa shape index (κ1) is 25.0. The number of benzene rings is 2. The zero-order chi connectivity index (χ0) is 25.7. The molecule has 0 unspecified atom stereocenters. The van der Waals surface area contributed by atoms with Crippen LogP contribution in [0.2, 0.25) is 0 Å². The van der Waals surface area contributed by atoms with E-state index in [-0.39, 0.29) is 29.9 Å². The number of imidazole rings is 1. The molecule has 0 bridgehead atoms. The molecule has 11 heteroatoms. The molecule has 4 aromatic rings. The van der Waals surface area contributed by atoms with E-state index >= 15 is 0 Å². The summed E-state index contributed by atoms with van der Waals surface area (Å²) in [7, 11) is 0. The third kappa shape index (κ3) is 6.11. The first-order chi connectivity index (χ1) is 17.3. The van der Waals surface area contributed by atoms with E-state index < -0.39 is 17.5 Å². The van der Waals surface area contributed by atoms with Crippen molar-refractivity contribution in [2.24, 2.45) is 16.5 Å². The molecule has 36 heavy (non-hydrogen) atoms. The van der Waals surface area contributed by atoms with Gasteiger partial charge in [-0.05, 0) is 48.6 Å². The molecule has 0 saturated heterocycles. The Labute approximate surface area is 204 Å². The molecule has 0 aliphatic carbocycles. The molecule has 2 heterocycles. The van der Waals surface area contributed by atoms with E-state index in [9.17, 15) is 18.0 Å². The number of nitrogens with two attached hydrogens (primary N) is 2. The predicted molar refractivity (Wildman–Crippen MR) is 132 cm³/mol. The largest absolute Gasteiger partial charge is 0.370 e. The van der Waals surface area contributed by atoms with Crippen LogP contribution in [0.15, 0.2) is 58.6 Å². The quantitative estimate of drug-likeness (QED) is 0.116. The predicted octanol–water partition coefficient (Wildman–Crippen LogP) is 2.65. The molecule has 0 spiro atoms. The summed E-state index contributed by atoms with van der Waals surface area (Å²) in [6.45, 7) is 2.00. The first-order valence-corrected chi connectivity index (χ1v) is 11.4. The highest BCUT2D eigenvalue weighted by Crippen LogP contribution is 2.18. The van der Waals surface area contributed by atoms with Crippen LogP contribution in [0.4, 0.5) is 13.2 Å². The van der Waals surface area contributed by atoms with Crippen molar-refractivity contribution in [3.05, 3.63) is 93.4 Å². The molecule has 188 valence electrons. The fourth-order valence-electron chi connectivity index (χ4n) is 3.79. The van der Waals surface area contributed by atoms with E-state index in [1.54, 1.807) is 16.8 Å². The van der Waals surface area contributed by atoms with E-state index in [2.05, 4.69) is 20.3 Å². The molecule has 0 radical (unpaired) electrons. The molecule has 6 N–H and O–H groups in total. The van der Waals surface area contributed by atoms with Crippen molar-refractivity contribution >= 4 is 11.7 Å². The lowest BCUT2D eigenvalue weighted by Crippen LogP contribution is -2.23. The Morgan fingerprint density at radius 2 is 1.78 bits per heavy atom. The fraction of sp³-hybridized carbons (Fsp3) is 0.240. The normalized spacial score (nSPS) is 11.2. The van der Waals surface area contributed by atoms with Gasteiger partial charge in [-0.1, -0.05) is 24.3 Å². The maximum atomic E-state index is 13.9. The molecule has 0 atom stereocenters. The number of aryl methyl sites for hydroxylation is 2. The van der Waals surface area contributed by atoms with Crippen molar-refractivity contribution < 1.29 is 13.2 Å². The number of H-pyrrole nitrogens is 1. The Bertz CT molecular complexity index is 1440. The van der Waals surface area contributed by atoms with Gasteiger partial charge in [0.2, 0.25) is 5.78 Å². The summed E-state index contributed by atoms with van der Waals surface area (Å²) in [5, 5.41) is 3.31. The Balaban J connectivity index is 1.41. The van der Waals surface area contributed by atoms with E-state index in [4.69, 9.17) is 11.5 Å². The van der Waals surface area contributed by atoms with Crippen LogP contribution in [0, 0.1) is 17.5 Å². The van der Waals surface area contributed by atoms with E-state index in [1.807, 2.05) is 24.3 Å². The number of fused-ring (bicyclic) bond motifs is 1. The second-order valence-electron chi connectivity index (χ2n) is 8.35. The number of nitrogens with zero attached hydrogens (tertiary/aromatic N) is 3. The lowest BCUT2D eigenvalue weighted by atomic mass is 10.1. The maximum Gasteiger partial charge on any atom is 0.260 e. The van der Waals surface area contributed by atoms with Gasteiger partial charge < -0.3 is 16.8 Å². The minimum atomic E-state index is -1.22. The van der Waals surface area contributed by atoms with Gasteiger partial charge in [0, 0.05) is 31.5 Å². The summed E-state index contributed by atoms with van der Waals surface area (Å²) in [4.78, 5) is 23.7. The summed E-state index contributed by atoms with van der Waals surface area (Å²) in [5.74, 6) is -2.70. The van der Waals surface area contributed by atoms with Crippen LogP contribution in [0.5, 0.6) is 0 Å². The highest BCUT2D eigenvalue weighted by molar-refractivity contribution is 5.75. The van der Waals surface area contributed by atoms with Gasteiger partial charge in [0.25, 0.3) is 5.56 Å². The molecule has 0 fully saturated rings. The fourth-order valence-corrected chi connectivity index (χ4v) is 3.79. The number of rotatable bonds is 10. The van der Waals surface area contributed by atoms with Gasteiger partial charge in [-0.2, -0.15) is 0 Å². The summed E-state index contributed by atoms with van der Waals surface area (Å²) in [6, 6.07) is 9.02. The average molecular weight is 498 g/mol. The molecule has 8 nitrogen and oxygen atoms in total. The molecule has 4 rings (SSSR count). The minimum absolute atomic E-state index is 0.0588. The maximum absolute atomic E-state index is 13.9. The third-order valence-electron chi connectivity index (χ3n) is 5.66. The van der Waals surface area contributed by atoms with Crippen LogP contribution < -0.4 is 22.3 Å². The Kier molecular flexibility index (Phi) is 7.69. The van der Waals surface area contributed by atoms with E-state index in [0.29, 0.717) is 36.2 Å². The number of hydrogen-bond acceptors (Lipinski definition) is 4. The van der Waals surface area contributed by atoms with Gasteiger partial charge in [0.05, 0.1) is 11.3 Å². The monoisotopic (exact) mass is 497 g/mol. The number of aromatic amines is 1. The van der Waals surface area contributed by atoms with Gasteiger partial charge in [-0.15, -0.1) is 0 Å². The topological polar surface area (TPSA) is 127 Å². The molecule has 0 aliphatic heterocycles. The number of hydrogen-bond donors (Lipinski definition) is 4. The van der Waals surface area contributed by atoms with Crippen LogP contribution in [0.25, 0.3) is 16.9 Å². The lowest BCUT2D eigenvalue weighted by molar-refractivity contribution is 0.489. The molecule has 0 aliphatic rings. The van der Waals surface area contributed by atoms with Crippen LogP contribution in [0.3, 0.4) is 0 Å². The van der Waals surface area contributed by atoms with Gasteiger partial charge in [-0.3, -0.25) is 19.2 Å². The number of aromatic nitrogens is 3. The van der Waals surface area contributed by atoms with E-state index in [0.717, 1.165) is 30.2 Å². The Morgan fingerprint density at radius 1 is 1.03 bits per heavy atom. The zero-order valence-corrected chi connectivity index (χ0v) is 19.4. The van der Waals surface area contributed by atoms with Gasteiger partial charge in [0.15, 0.2) is 17.6 Å². The second kappa shape index (κ2) is 11.1. The molecule has 0 saturated carbocycles. The van der Waals surface area contributed by atoms with Crippen molar-refractivity contribution in [2.45, 2.75) is 25.8 Å². The molecule has 2 aromatic carbocycles. The summed E-state index contributed by atoms with van der Waals surface area (Å²) >= 11 is 0. The standard InChI is InChI=1S/C25H26F3N7O/c26-20-11-22(28)21(27)10-17(20)6-7-18-13-35-14-19(23(36)34-25(35)33-18)16-4-2-15(3-5-16)12-31-8-1-9-32-24(29)30/h2-5,10-11,13-14,31H,1,6-9,12H2,(H4,29,30,32)(H,33,34,36). The zero-order valence-electron chi connectivity index (χ0n) is 19.4. The molecular weight excluding hydrogens is 471 g/mol. The molecular formula is C25H26F3N7O. The SMILES string of the molecule is NC(N)=NCCCNCc1ccc(-c2cn3cc(CCc4cc(F)c(F)cc4F)nc3[nH]c2=O)cc1. The minimum Gasteiger partial charge on any atom is -0.370 e. The van der Waals surface area contributed by atoms with Crippen LogP contribution in [-0.4, -0.2) is 33.4 Å². The van der Waals surface area contributed by atoms with Crippen molar-refractivity contribution in [2.75, 3.05) is 13.1 Å². The number of halogens is 3. The molecule has 2 aromatic heterocycles. The lowest BCUT2D eigenvalue weighted by Gasteiger charge is -2.06. The summed E-state index contributed by atoms with van der Waals surface area (Å²) in [6.07, 6.45) is 4.63. The van der Waals surface area contributed by atoms with Crippen molar-refractivity contribution in [3.8, 4) is 11.1 Å². The number of guanidine groups is 1. The number of nitrogens with one attached hydrogen (secondary N) is 2.